The average Bonchev–Trinajstić information content (AvgIpc) is 3.21. The number of alkyl carbamates (subject to hydrolysis) is 1. The van der Waals surface area contributed by atoms with Gasteiger partial charge in [0.1, 0.15) is 23.3 Å². The summed E-state index contributed by atoms with van der Waals surface area (Å²) in [6, 6.07) is 7.16. The third kappa shape index (κ3) is 4.43. The van der Waals surface area contributed by atoms with Gasteiger partial charge < -0.3 is 19.0 Å². The van der Waals surface area contributed by atoms with Crippen molar-refractivity contribution in [1.82, 2.24) is 20.4 Å². The van der Waals surface area contributed by atoms with Crippen LogP contribution in [0.5, 0.6) is 0 Å². The van der Waals surface area contributed by atoms with Crippen LogP contribution in [0.25, 0.3) is 23.0 Å². The third-order valence-electron chi connectivity index (χ3n) is 3.03. The van der Waals surface area contributed by atoms with Crippen LogP contribution in [0, 0.1) is 0 Å². The van der Waals surface area contributed by atoms with E-state index in [1.54, 1.807) is 39.1 Å². The molecule has 1 amide bonds. The molecule has 0 saturated carbocycles. The SMILES string of the molecule is CC(C)(C)OC(=O)NCc1cc(-c2nc(-c3ccccn3)no2)co1. The summed E-state index contributed by atoms with van der Waals surface area (Å²) in [5.41, 5.74) is 0.688. The third-order valence-corrected chi connectivity index (χ3v) is 3.03. The van der Waals surface area contributed by atoms with Gasteiger partial charge in [0.05, 0.1) is 12.1 Å². The number of hydrogen-bond donors (Lipinski definition) is 1. The molecule has 0 spiro atoms. The Balaban J connectivity index is 1.64. The van der Waals surface area contributed by atoms with Gasteiger partial charge in [0.25, 0.3) is 5.89 Å². The highest BCUT2D eigenvalue weighted by Crippen LogP contribution is 2.23. The highest BCUT2D eigenvalue weighted by atomic mass is 16.6. The molecule has 0 fully saturated rings. The zero-order valence-corrected chi connectivity index (χ0v) is 14.1. The lowest BCUT2D eigenvalue weighted by Gasteiger charge is -2.19. The van der Waals surface area contributed by atoms with Crippen LogP contribution in [0.3, 0.4) is 0 Å². The molecule has 8 nitrogen and oxygen atoms in total. The monoisotopic (exact) mass is 342 g/mol. The summed E-state index contributed by atoms with van der Waals surface area (Å²) in [6.45, 7) is 5.58. The van der Waals surface area contributed by atoms with Crippen LogP contribution in [-0.4, -0.2) is 26.8 Å². The van der Waals surface area contributed by atoms with Crippen LogP contribution in [0.4, 0.5) is 4.79 Å². The minimum atomic E-state index is -0.552. The quantitative estimate of drug-likeness (QED) is 0.774. The number of ether oxygens (including phenoxy) is 1. The van der Waals surface area contributed by atoms with Gasteiger partial charge in [-0.3, -0.25) is 4.98 Å². The second kappa shape index (κ2) is 6.76. The van der Waals surface area contributed by atoms with Crippen molar-refractivity contribution in [2.45, 2.75) is 32.9 Å². The second-order valence-corrected chi connectivity index (χ2v) is 6.30. The summed E-state index contributed by atoms with van der Waals surface area (Å²) in [4.78, 5) is 20.1. The molecule has 0 atom stereocenters. The number of carbonyl (C=O) groups is 1. The maximum Gasteiger partial charge on any atom is 0.408 e. The van der Waals surface area contributed by atoms with E-state index in [0.29, 0.717) is 28.7 Å². The van der Waals surface area contributed by atoms with Gasteiger partial charge >= 0.3 is 6.09 Å². The van der Waals surface area contributed by atoms with E-state index in [2.05, 4.69) is 20.4 Å². The van der Waals surface area contributed by atoms with E-state index in [-0.39, 0.29) is 6.54 Å². The summed E-state index contributed by atoms with van der Waals surface area (Å²) in [5, 5.41) is 6.53. The number of hydrogen-bond acceptors (Lipinski definition) is 7. The lowest BCUT2D eigenvalue weighted by molar-refractivity contribution is 0.0520. The van der Waals surface area contributed by atoms with E-state index < -0.39 is 11.7 Å². The van der Waals surface area contributed by atoms with Gasteiger partial charge in [0.15, 0.2) is 0 Å². The Labute approximate surface area is 144 Å². The fraction of sp³-hybridized carbons (Fsp3) is 0.294. The molecule has 0 radical (unpaired) electrons. The van der Waals surface area contributed by atoms with E-state index in [4.69, 9.17) is 13.7 Å². The average molecular weight is 342 g/mol. The number of nitrogens with zero attached hydrogens (tertiary/aromatic N) is 3. The minimum absolute atomic E-state index is 0.191. The van der Waals surface area contributed by atoms with Crippen molar-refractivity contribution in [2.75, 3.05) is 0 Å². The van der Waals surface area contributed by atoms with Gasteiger partial charge in [0.2, 0.25) is 5.82 Å². The van der Waals surface area contributed by atoms with Crippen LogP contribution in [0.2, 0.25) is 0 Å². The molecule has 3 aromatic rings. The lowest BCUT2D eigenvalue weighted by atomic mass is 10.2. The molecule has 25 heavy (non-hydrogen) atoms. The van der Waals surface area contributed by atoms with Crippen molar-refractivity contribution in [3.05, 3.63) is 42.5 Å². The maximum absolute atomic E-state index is 11.6. The van der Waals surface area contributed by atoms with Gasteiger partial charge in [-0.05, 0) is 39.0 Å². The molecule has 3 rings (SSSR count). The molecule has 0 aliphatic rings. The number of nitrogens with one attached hydrogen (secondary N) is 1. The predicted octanol–water partition coefficient (Wildman–Crippen LogP) is 3.42. The van der Waals surface area contributed by atoms with E-state index >= 15 is 0 Å². The van der Waals surface area contributed by atoms with Crippen LogP contribution in [-0.2, 0) is 11.3 Å². The van der Waals surface area contributed by atoms with E-state index in [9.17, 15) is 4.79 Å². The highest BCUT2D eigenvalue weighted by Gasteiger charge is 2.17. The molecule has 3 aromatic heterocycles. The molecule has 0 aromatic carbocycles. The fourth-order valence-corrected chi connectivity index (χ4v) is 2.00. The number of amides is 1. The molecule has 0 aliphatic heterocycles. The van der Waals surface area contributed by atoms with Crippen molar-refractivity contribution < 1.29 is 18.5 Å². The zero-order chi connectivity index (χ0) is 17.9. The van der Waals surface area contributed by atoms with Crippen LogP contribution in [0.1, 0.15) is 26.5 Å². The Morgan fingerprint density at radius 1 is 1.32 bits per heavy atom. The summed E-state index contributed by atoms with van der Waals surface area (Å²) in [6.07, 6.45) is 2.63. The Kier molecular flexibility index (Phi) is 4.51. The van der Waals surface area contributed by atoms with Crippen molar-refractivity contribution >= 4 is 6.09 Å². The van der Waals surface area contributed by atoms with Crippen molar-refractivity contribution in [3.63, 3.8) is 0 Å². The molecule has 0 saturated heterocycles. The molecule has 1 N–H and O–H groups in total. The largest absolute Gasteiger partial charge is 0.467 e. The molecule has 0 bridgehead atoms. The smallest absolute Gasteiger partial charge is 0.408 e. The number of furan rings is 1. The molecule has 0 unspecified atom stereocenters. The topological polar surface area (TPSA) is 103 Å². The number of aromatic nitrogens is 3. The fourth-order valence-electron chi connectivity index (χ4n) is 2.00. The Morgan fingerprint density at radius 3 is 2.88 bits per heavy atom. The lowest BCUT2D eigenvalue weighted by Crippen LogP contribution is -2.32. The first-order chi connectivity index (χ1) is 11.9. The van der Waals surface area contributed by atoms with Gasteiger partial charge in [-0.15, -0.1) is 0 Å². The standard InChI is InChI=1S/C17H18N4O4/c1-17(2,3)24-16(22)19-9-12-8-11(10-23-12)15-20-14(21-25-15)13-6-4-5-7-18-13/h4-8,10H,9H2,1-3H3,(H,19,22). The van der Waals surface area contributed by atoms with Crippen LogP contribution in [0.15, 0.2) is 45.7 Å². The van der Waals surface area contributed by atoms with Crippen molar-refractivity contribution in [2.24, 2.45) is 0 Å². The molecule has 0 aliphatic carbocycles. The Morgan fingerprint density at radius 2 is 2.16 bits per heavy atom. The van der Waals surface area contributed by atoms with Gasteiger partial charge in [-0.25, -0.2) is 4.79 Å². The molecular weight excluding hydrogens is 324 g/mol. The summed E-state index contributed by atoms with van der Waals surface area (Å²) in [5.74, 6) is 1.25. The second-order valence-electron chi connectivity index (χ2n) is 6.30. The Bertz CT molecular complexity index is 849. The molecule has 8 heteroatoms. The van der Waals surface area contributed by atoms with E-state index in [0.717, 1.165) is 0 Å². The van der Waals surface area contributed by atoms with Crippen molar-refractivity contribution in [3.8, 4) is 23.0 Å². The number of rotatable bonds is 4. The van der Waals surface area contributed by atoms with E-state index in [1.165, 1.54) is 6.26 Å². The van der Waals surface area contributed by atoms with Crippen molar-refractivity contribution in [1.29, 1.82) is 0 Å². The van der Waals surface area contributed by atoms with Gasteiger partial charge in [0, 0.05) is 6.20 Å². The molecule has 3 heterocycles. The highest BCUT2D eigenvalue weighted by molar-refractivity contribution is 5.67. The first-order valence-corrected chi connectivity index (χ1v) is 7.70. The van der Waals surface area contributed by atoms with E-state index in [1.807, 2.05) is 12.1 Å². The number of carbonyl (C=O) groups excluding carboxylic acids is 1. The van der Waals surface area contributed by atoms with Gasteiger partial charge in [-0.1, -0.05) is 11.2 Å². The summed E-state index contributed by atoms with van der Waals surface area (Å²) < 4.78 is 15.8. The molecular formula is C17H18N4O4. The van der Waals surface area contributed by atoms with Crippen LogP contribution >= 0.6 is 0 Å². The minimum Gasteiger partial charge on any atom is -0.467 e. The summed E-state index contributed by atoms with van der Waals surface area (Å²) >= 11 is 0. The normalized spacial score (nSPS) is 11.3. The Hall–Kier alpha value is -3.16. The van der Waals surface area contributed by atoms with Gasteiger partial charge in [-0.2, -0.15) is 4.98 Å². The zero-order valence-electron chi connectivity index (χ0n) is 14.1. The predicted molar refractivity (Wildman–Crippen MR) is 88.3 cm³/mol. The summed E-state index contributed by atoms with van der Waals surface area (Å²) in [7, 11) is 0. The number of pyridine rings is 1. The maximum atomic E-state index is 11.6. The van der Waals surface area contributed by atoms with Crippen LogP contribution < -0.4 is 5.32 Å². The first-order valence-electron chi connectivity index (χ1n) is 7.70. The first kappa shape index (κ1) is 16.7. The molecule has 130 valence electrons.